The topological polar surface area (TPSA) is 134 Å². The van der Waals surface area contributed by atoms with Gasteiger partial charge >= 0.3 is 0 Å². The largest absolute Gasteiger partial charge is 0.482 e. The zero-order valence-electron chi connectivity index (χ0n) is 22.2. The van der Waals surface area contributed by atoms with Crippen LogP contribution in [0.5, 0.6) is 5.75 Å². The van der Waals surface area contributed by atoms with Gasteiger partial charge in [-0.1, -0.05) is 47.5 Å². The van der Waals surface area contributed by atoms with Gasteiger partial charge in [-0.05, 0) is 61.4 Å². The molecule has 1 saturated heterocycles. The molecule has 2 fully saturated rings. The van der Waals surface area contributed by atoms with E-state index in [1.165, 1.54) is 11.0 Å². The van der Waals surface area contributed by atoms with Crippen LogP contribution < -0.4 is 20.7 Å². The van der Waals surface area contributed by atoms with Crippen molar-refractivity contribution in [2.45, 2.75) is 50.2 Å². The number of ether oxygens (including phenoxy) is 1. The van der Waals surface area contributed by atoms with Crippen molar-refractivity contribution in [1.82, 2.24) is 20.9 Å². The first kappa shape index (κ1) is 28.9. The van der Waals surface area contributed by atoms with Gasteiger partial charge in [0.15, 0.2) is 6.61 Å². The number of Topliss-reactive ketones (excluding diaryl/α,β-unsaturated/α-hetero) is 1. The second-order valence-corrected chi connectivity index (χ2v) is 11.3. The second-order valence-electron chi connectivity index (χ2n) is 10.5. The van der Waals surface area contributed by atoms with Crippen molar-refractivity contribution in [3.8, 4) is 5.75 Å². The number of carbonyl (C=O) groups excluding carboxylic acids is 5. The first-order valence-corrected chi connectivity index (χ1v) is 14.3. The van der Waals surface area contributed by atoms with Crippen LogP contribution in [-0.2, 0) is 30.4 Å². The van der Waals surface area contributed by atoms with E-state index in [4.69, 9.17) is 27.9 Å². The molecule has 0 spiro atoms. The van der Waals surface area contributed by atoms with Crippen molar-refractivity contribution < 1.29 is 28.7 Å². The molecule has 3 aliphatic rings. The number of halogens is 2. The fourth-order valence-electron chi connectivity index (χ4n) is 5.21. The van der Waals surface area contributed by atoms with Gasteiger partial charge < -0.3 is 25.6 Å². The van der Waals surface area contributed by atoms with Crippen molar-refractivity contribution >= 4 is 52.6 Å². The number of carbonyl (C=O) groups is 5. The van der Waals surface area contributed by atoms with E-state index in [9.17, 15) is 24.0 Å². The zero-order valence-corrected chi connectivity index (χ0v) is 23.7. The molecule has 216 valence electrons. The Morgan fingerprint density at radius 3 is 2.56 bits per heavy atom. The Kier molecular flexibility index (Phi) is 8.79. The highest BCUT2D eigenvalue weighted by Crippen LogP contribution is 2.32. The molecule has 12 heteroatoms. The van der Waals surface area contributed by atoms with E-state index in [0.29, 0.717) is 30.0 Å². The maximum Gasteiger partial charge on any atom is 0.289 e. The summed E-state index contributed by atoms with van der Waals surface area (Å²) in [5, 5.41) is 8.77. The molecule has 0 aromatic heterocycles. The highest BCUT2D eigenvalue weighted by Gasteiger charge is 2.40. The minimum atomic E-state index is -1.23. The Bertz CT molecular complexity index is 1380. The Balaban J connectivity index is 1.37. The quantitative estimate of drug-likeness (QED) is 0.358. The van der Waals surface area contributed by atoms with Crippen LogP contribution >= 0.6 is 23.2 Å². The smallest absolute Gasteiger partial charge is 0.289 e. The lowest BCUT2D eigenvalue weighted by molar-refractivity contribution is -0.145. The number of fused-ring (bicyclic) bond motifs is 1. The van der Waals surface area contributed by atoms with Gasteiger partial charge in [0, 0.05) is 30.1 Å². The number of rotatable bonds is 10. The molecule has 0 bridgehead atoms. The molecule has 2 aromatic carbocycles. The Hall–Kier alpha value is -3.63. The molecule has 2 heterocycles. The summed E-state index contributed by atoms with van der Waals surface area (Å²) in [6.07, 6.45) is 2.57. The third kappa shape index (κ3) is 6.82. The number of hydrogen-bond donors (Lipinski definition) is 3. The predicted molar refractivity (Wildman–Crippen MR) is 150 cm³/mol. The fourth-order valence-corrected chi connectivity index (χ4v) is 5.67. The summed E-state index contributed by atoms with van der Waals surface area (Å²) in [4.78, 5) is 66.9. The third-order valence-corrected chi connectivity index (χ3v) is 8.08. The molecule has 4 amide bonds. The van der Waals surface area contributed by atoms with E-state index in [1.54, 1.807) is 24.3 Å². The number of nitrogens with zero attached hydrogens (tertiary/aromatic N) is 1. The van der Waals surface area contributed by atoms with Gasteiger partial charge in [0.2, 0.25) is 17.6 Å². The molecule has 1 saturated carbocycles. The first-order valence-electron chi connectivity index (χ1n) is 13.6. The van der Waals surface area contributed by atoms with Crippen molar-refractivity contribution in [2.75, 3.05) is 19.7 Å². The number of nitrogens with one attached hydrogen (secondary N) is 3. The lowest BCUT2D eigenvalue weighted by atomic mass is 9.90. The van der Waals surface area contributed by atoms with Gasteiger partial charge in [0.1, 0.15) is 11.8 Å². The molecule has 0 unspecified atom stereocenters. The lowest BCUT2D eigenvalue weighted by Gasteiger charge is -2.37. The van der Waals surface area contributed by atoms with Gasteiger partial charge in [-0.2, -0.15) is 0 Å². The van der Waals surface area contributed by atoms with Crippen molar-refractivity contribution in [2.24, 2.45) is 5.92 Å². The molecule has 5 rings (SSSR count). The second kappa shape index (κ2) is 12.5. The average molecular weight is 601 g/mol. The molecular formula is C29H30Cl2N4O6. The van der Waals surface area contributed by atoms with Crippen LogP contribution in [0, 0.1) is 5.92 Å². The molecule has 1 aliphatic carbocycles. The van der Waals surface area contributed by atoms with Crippen LogP contribution in [0.3, 0.4) is 0 Å². The molecule has 2 aliphatic heterocycles. The summed E-state index contributed by atoms with van der Waals surface area (Å²) >= 11 is 12.1. The minimum absolute atomic E-state index is 0.0189. The summed E-state index contributed by atoms with van der Waals surface area (Å²) in [5.74, 6) is -3.16. The van der Waals surface area contributed by atoms with Crippen LogP contribution in [0.2, 0.25) is 10.0 Å². The molecule has 2 aromatic rings. The molecule has 3 N–H and O–H groups in total. The normalized spacial score (nSPS) is 20.4. The summed E-state index contributed by atoms with van der Waals surface area (Å²) in [5.41, 5.74) is 1.50. The molecule has 41 heavy (non-hydrogen) atoms. The van der Waals surface area contributed by atoms with E-state index >= 15 is 0 Å². The van der Waals surface area contributed by atoms with E-state index in [2.05, 4.69) is 16.0 Å². The van der Waals surface area contributed by atoms with E-state index in [-0.39, 0.29) is 42.3 Å². The standard InChI is InChI=1S/C29H30Cl2N4O6/c30-18-5-8-23(21(31)14-18)41-15-24(36)35-12-10-16-3-1-2-4-20(16)25(35)28(39)34-22(13-17-9-11-32-27(17)38)26(37)29(40)33-19-6-7-19/h1-5,8,14,17,19,22,25H,6-7,9-13,15H2,(H,32,38)(H,33,40)(H,34,39)/t17-,22-,25-/m0/s1. The molecule has 10 nitrogen and oxygen atoms in total. The highest BCUT2D eigenvalue weighted by atomic mass is 35.5. The van der Waals surface area contributed by atoms with Crippen LogP contribution in [0.1, 0.15) is 42.9 Å². The van der Waals surface area contributed by atoms with Crippen molar-refractivity contribution in [3.63, 3.8) is 0 Å². The zero-order chi connectivity index (χ0) is 29.1. The Morgan fingerprint density at radius 2 is 1.85 bits per heavy atom. The van der Waals surface area contributed by atoms with Gasteiger partial charge in [-0.3, -0.25) is 24.0 Å². The van der Waals surface area contributed by atoms with Crippen LogP contribution in [-0.4, -0.2) is 66.1 Å². The third-order valence-electron chi connectivity index (χ3n) is 7.55. The molecule has 3 atom stereocenters. The highest BCUT2D eigenvalue weighted by molar-refractivity contribution is 6.38. The predicted octanol–water partition coefficient (Wildman–Crippen LogP) is 2.36. The van der Waals surface area contributed by atoms with E-state index < -0.39 is 41.5 Å². The van der Waals surface area contributed by atoms with E-state index in [1.807, 2.05) is 12.1 Å². The molecule has 0 radical (unpaired) electrons. The number of benzene rings is 2. The van der Waals surface area contributed by atoms with Gasteiger partial charge in [-0.25, -0.2) is 0 Å². The number of hydrogen-bond acceptors (Lipinski definition) is 6. The maximum atomic E-state index is 13.9. The maximum absolute atomic E-state index is 13.9. The van der Waals surface area contributed by atoms with E-state index in [0.717, 1.165) is 18.4 Å². The summed E-state index contributed by atoms with van der Waals surface area (Å²) < 4.78 is 5.65. The van der Waals surface area contributed by atoms with Gasteiger partial charge in [0.25, 0.3) is 11.8 Å². The van der Waals surface area contributed by atoms with Gasteiger partial charge in [-0.15, -0.1) is 0 Å². The lowest BCUT2D eigenvalue weighted by Crippen LogP contribution is -2.54. The van der Waals surface area contributed by atoms with Crippen molar-refractivity contribution in [1.29, 1.82) is 0 Å². The number of ketones is 1. The first-order chi connectivity index (χ1) is 19.7. The SMILES string of the molecule is O=C(NC1CC1)C(=O)[C@H](C[C@@H]1CCNC1=O)NC(=O)[C@@H]1c2ccccc2CCN1C(=O)COc1ccc(Cl)cc1Cl. The fraction of sp³-hybridized carbons (Fsp3) is 0.414. The average Bonchev–Trinajstić information content (AvgIpc) is 3.69. The van der Waals surface area contributed by atoms with Gasteiger partial charge in [0.05, 0.1) is 11.1 Å². The minimum Gasteiger partial charge on any atom is -0.482 e. The summed E-state index contributed by atoms with van der Waals surface area (Å²) in [6, 6.07) is 9.55. The van der Waals surface area contributed by atoms with Crippen LogP contribution in [0.4, 0.5) is 0 Å². The Labute approximate surface area is 247 Å². The summed E-state index contributed by atoms with van der Waals surface area (Å²) in [7, 11) is 0. The van der Waals surface area contributed by atoms with Crippen LogP contribution in [0.15, 0.2) is 42.5 Å². The number of amides is 4. The molecular weight excluding hydrogens is 571 g/mol. The Morgan fingerprint density at radius 1 is 1.07 bits per heavy atom. The van der Waals surface area contributed by atoms with Crippen LogP contribution in [0.25, 0.3) is 0 Å². The summed E-state index contributed by atoms with van der Waals surface area (Å²) in [6.45, 7) is 0.307. The van der Waals surface area contributed by atoms with Crippen molar-refractivity contribution in [3.05, 3.63) is 63.6 Å². The monoisotopic (exact) mass is 600 g/mol.